The van der Waals surface area contributed by atoms with Crippen molar-refractivity contribution in [2.75, 3.05) is 20.3 Å². The van der Waals surface area contributed by atoms with Gasteiger partial charge in [-0.3, -0.25) is 4.99 Å². The lowest BCUT2D eigenvalue weighted by Gasteiger charge is -2.26. The summed E-state index contributed by atoms with van der Waals surface area (Å²) in [6, 6.07) is 12.8. The molecule has 0 aliphatic carbocycles. The molecule has 2 aromatic rings. The van der Waals surface area contributed by atoms with Gasteiger partial charge in [0.2, 0.25) is 0 Å². The molecule has 2 aromatic carbocycles. The molecule has 140 valence electrons. The normalized spacial score (nSPS) is 16.1. The molecule has 7 heteroatoms. The first-order valence-corrected chi connectivity index (χ1v) is 8.28. The number of rotatable bonds is 5. The van der Waals surface area contributed by atoms with E-state index in [-0.39, 0.29) is 41.6 Å². The first kappa shape index (κ1) is 20.3. The van der Waals surface area contributed by atoms with Gasteiger partial charge in [0.25, 0.3) is 0 Å². The van der Waals surface area contributed by atoms with E-state index in [0.717, 1.165) is 23.3 Å². The summed E-state index contributed by atoms with van der Waals surface area (Å²) in [5.74, 6) is 1.16. The van der Waals surface area contributed by atoms with Crippen LogP contribution < -0.4 is 20.5 Å². The molecule has 1 aliphatic rings. The van der Waals surface area contributed by atoms with E-state index in [9.17, 15) is 4.39 Å². The number of guanidine groups is 1. The Hall–Kier alpha value is -2.03. The third-order valence-corrected chi connectivity index (χ3v) is 4.18. The number of ether oxygens (including phenoxy) is 2. The van der Waals surface area contributed by atoms with Gasteiger partial charge < -0.3 is 20.5 Å². The fraction of sp³-hybridized carbons (Fsp3) is 0.316. The Labute approximate surface area is 169 Å². The number of nitrogens with two attached hydrogens (primary N) is 1. The number of hydrogen-bond acceptors (Lipinski definition) is 3. The number of fused-ring (bicyclic) bond motifs is 1. The van der Waals surface area contributed by atoms with Gasteiger partial charge >= 0.3 is 0 Å². The first-order chi connectivity index (χ1) is 12.2. The molecule has 1 atom stereocenters. The summed E-state index contributed by atoms with van der Waals surface area (Å²) in [6.45, 7) is 1.16. The molecule has 26 heavy (non-hydrogen) atoms. The lowest BCUT2D eigenvalue weighted by atomic mass is 10.0. The summed E-state index contributed by atoms with van der Waals surface area (Å²) in [6.07, 6.45) is 1.49. The molecule has 0 fully saturated rings. The van der Waals surface area contributed by atoms with Gasteiger partial charge in [0.1, 0.15) is 5.75 Å². The molecule has 0 saturated heterocycles. The van der Waals surface area contributed by atoms with Crippen molar-refractivity contribution in [2.24, 2.45) is 10.7 Å². The summed E-state index contributed by atoms with van der Waals surface area (Å²) in [5, 5.41) is 3.26. The molecule has 0 saturated carbocycles. The fourth-order valence-corrected chi connectivity index (χ4v) is 2.88. The zero-order chi connectivity index (χ0) is 17.6. The van der Waals surface area contributed by atoms with Gasteiger partial charge in [-0.2, -0.15) is 0 Å². The smallest absolute Gasteiger partial charge is 0.189 e. The summed E-state index contributed by atoms with van der Waals surface area (Å²) >= 11 is 0. The van der Waals surface area contributed by atoms with Crippen LogP contribution in [0.3, 0.4) is 0 Å². The molecule has 0 aromatic heterocycles. The van der Waals surface area contributed by atoms with Crippen LogP contribution in [0.4, 0.5) is 4.39 Å². The Bertz CT molecular complexity index is 770. The second-order valence-corrected chi connectivity index (χ2v) is 5.86. The molecule has 0 radical (unpaired) electrons. The highest BCUT2D eigenvalue weighted by atomic mass is 127. The summed E-state index contributed by atoms with van der Waals surface area (Å²) in [4.78, 5) is 4.37. The zero-order valence-corrected chi connectivity index (χ0v) is 16.9. The van der Waals surface area contributed by atoms with Gasteiger partial charge in [0.15, 0.2) is 17.5 Å². The van der Waals surface area contributed by atoms with E-state index in [0.29, 0.717) is 25.5 Å². The highest BCUT2D eigenvalue weighted by Gasteiger charge is 2.21. The molecule has 1 aliphatic heterocycles. The van der Waals surface area contributed by atoms with E-state index in [2.05, 4.69) is 10.3 Å². The van der Waals surface area contributed by atoms with Gasteiger partial charge in [0.05, 0.1) is 19.8 Å². The Morgan fingerprint density at radius 1 is 1.35 bits per heavy atom. The number of methoxy groups -OCH3 is 1. The minimum Gasteiger partial charge on any atom is -0.494 e. The van der Waals surface area contributed by atoms with Crippen molar-refractivity contribution in [3.8, 4) is 11.5 Å². The monoisotopic (exact) mass is 471 g/mol. The van der Waals surface area contributed by atoms with E-state index in [1.165, 1.54) is 13.2 Å². The molecule has 0 bridgehead atoms. The predicted octanol–water partition coefficient (Wildman–Crippen LogP) is 3.42. The van der Waals surface area contributed by atoms with Crippen LogP contribution >= 0.6 is 24.0 Å². The minimum absolute atomic E-state index is 0. The molecule has 3 rings (SSSR count). The molecule has 1 unspecified atom stereocenters. The van der Waals surface area contributed by atoms with Crippen LogP contribution in [0.2, 0.25) is 0 Å². The quantitative estimate of drug-likeness (QED) is 0.399. The van der Waals surface area contributed by atoms with Crippen LogP contribution in [0.25, 0.3) is 0 Å². The van der Waals surface area contributed by atoms with Crippen molar-refractivity contribution in [1.82, 2.24) is 5.32 Å². The number of halogens is 2. The van der Waals surface area contributed by atoms with Crippen LogP contribution in [0.15, 0.2) is 47.5 Å². The number of nitrogens with zero attached hydrogens (tertiary/aromatic N) is 1. The molecule has 1 heterocycles. The minimum atomic E-state index is -0.367. The number of aliphatic imine (C=N–C) groups is 1. The summed E-state index contributed by atoms with van der Waals surface area (Å²) in [5.41, 5.74) is 8.06. The molecule has 0 spiro atoms. The van der Waals surface area contributed by atoms with Gasteiger partial charge in [-0.05, 0) is 30.2 Å². The SMILES string of the molecule is COc1cc(CCN=C(N)NC2CCOc3ccccc32)ccc1F.I. The van der Waals surface area contributed by atoms with Crippen molar-refractivity contribution >= 4 is 29.9 Å². The molecular formula is C19H23FIN3O2. The average Bonchev–Trinajstić information content (AvgIpc) is 2.63. The van der Waals surface area contributed by atoms with E-state index < -0.39 is 0 Å². The molecule has 0 amide bonds. The Morgan fingerprint density at radius 2 is 2.15 bits per heavy atom. The third-order valence-electron chi connectivity index (χ3n) is 4.18. The van der Waals surface area contributed by atoms with Crippen LogP contribution in [0.5, 0.6) is 11.5 Å². The van der Waals surface area contributed by atoms with Crippen molar-refractivity contribution in [2.45, 2.75) is 18.9 Å². The number of hydrogen-bond donors (Lipinski definition) is 2. The zero-order valence-electron chi connectivity index (χ0n) is 14.6. The standard InChI is InChI=1S/C19H22FN3O2.HI/c1-24-18-12-13(6-7-15(18)20)8-10-22-19(21)23-16-9-11-25-17-5-3-2-4-14(16)17;/h2-7,12,16H,8-11H2,1H3,(H3,21,22,23);1H. The average molecular weight is 471 g/mol. The maximum atomic E-state index is 13.4. The van der Waals surface area contributed by atoms with Crippen molar-refractivity contribution < 1.29 is 13.9 Å². The first-order valence-electron chi connectivity index (χ1n) is 8.28. The van der Waals surface area contributed by atoms with E-state index in [4.69, 9.17) is 15.2 Å². The maximum absolute atomic E-state index is 13.4. The highest BCUT2D eigenvalue weighted by molar-refractivity contribution is 14.0. The molecule has 3 N–H and O–H groups in total. The van der Waals surface area contributed by atoms with Gasteiger partial charge in [-0.15, -0.1) is 24.0 Å². The second kappa shape index (κ2) is 9.61. The van der Waals surface area contributed by atoms with Crippen LogP contribution in [-0.4, -0.2) is 26.2 Å². The Morgan fingerprint density at radius 3 is 2.96 bits per heavy atom. The van der Waals surface area contributed by atoms with E-state index in [1.807, 2.05) is 24.3 Å². The third kappa shape index (κ3) is 5.00. The van der Waals surface area contributed by atoms with Crippen LogP contribution in [-0.2, 0) is 6.42 Å². The molecule has 5 nitrogen and oxygen atoms in total. The van der Waals surface area contributed by atoms with E-state index >= 15 is 0 Å². The fourth-order valence-electron chi connectivity index (χ4n) is 2.88. The summed E-state index contributed by atoms with van der Waals surface area (Å²) < 4.78 is 24.0. The maximum Gasteiger partial charge on any atom is 0.189 e. The van der Waals surface area contributed by atoms with Gasteiger partial charge in [-0.1, -0.05) is 24.3 Å². The van der Waals surface area contributed by atoms with Crippen molar-refractivity contribution in [3.63, 3.8) is 0 Å². The van der Waals surface area contributed by atoms with Crippen LogP contribution in [0, 0.1) is 5.82 Å². The van der Waals surface area contributed by atoms with Gasteiger partial charge in [-0.25, -0.2) is 4.39 Å². The second-order valence-electron chi connectivity index (χ2n) is 5.86. The molecular weight excluding hydrogens is 448 g/mol. The number of nitrogens with one attached hydrogen (secondary N) is 1. The summed E-state index contributed by atoms with van der Waals surface area (Å²) in [7, 11) is 1.45. The van der Waals surface area contributed by atoms with Gasteiger partial charge in [0, 0.05) is 18.5 Å². The predicted molar refractivity (Wildman–Crippen MR) is 111 cm³/mol. The van der Waals surface area contributed by atoms with Crippen molar-refractivity contribution in [3.05, 3.63) is 59.4 Å². The Balaban J connectivity index is 0.00000243. The lowest BCUT2D eigenvalue weighted by Crippen LogP contribution is -2.37. The largest absolute Gasteiger partial charge is 0.494 e. The van der Waals surface area contributed by atoms with Crippen LogP contribution in [0.1, 0.15) is 23.6 Å². The topological polar surface area (TPSA) is 68.9 Å². The number of para-hydroxylation sites is 1. The van der Waals surface area contributed by atoms with Crippen molar-refractivity contribution in [1.29, 1.82) is 0 Å². The number of benzene rings is 2. The highest BCUT2D eigenvalue weighted by Crippen LogP contribution is 2.31. The Kier molecular flexibility index (Phi) is 7.50. The van der Waals surface area contributed by atoms with E-state index in [1.54, 1.807) is 12.1 Å². The lowest BCUT2D eigenvalue weighted by molar-refractivity contribution is 0.262.